The molecule has 29 heavy (non-hydrogen) atoms. The van der Waals surface area contributed by atoms with Crippen molar-refractivity contribution in [1.82, 2.24) is 0 Å². The molecular weight excluding hydrogens is 363 g/mol. The maximum atomic E-state index is 10.6. The van der Waals surface area contributed by atoms with Gasteiger partial charge in [-0.2, -0.15) is 6.42 Å². The quantitative estimate of drug-likeness (QED) is 0.304. The van der Waals surface area contributed by atoms with E-state index in [4.69, 9.17) is 18.9 Å². The van der Waals surface area contributed by atoms with Crippen molar-refractivity contribution in [3.63, 3.8) is 0 Å². The molecule has 0 unspecified atom stereocenters. The fourth-order valence-corrected chi connectivity index (χ4v) is 5.97. The monoisotopic (exact) mass is 398 g/mol. The van der Waals surface area contributed by atoms with E-state index in [0.29, 0.717) is 36.9 Å². The van der Waals surface area contributed by atoms with Gasteiger partial charge in [0.15, 0.2) is 11.6 Å². The van der Waals surface area contributed by atoms with E-state index >= 15 is 0 Å². The number of rotatable bonds is 3. The zero-order valence-corrected chi connectivity index (χ0v) is 18.1. The third-order valence-electron chi connectivity index (χ3n) is 7.46. The number of carbonyl (C=O) groups excluding carboxylic acids is 1. The first-order chi connectivity index (χ1) is 13.7. The first kappa shape index (κ1) is 23.5. The summed E-state index contributed by atoms with van der Waals surface area (Å²) in [6.07, 6.45) is 9.89. The van der Waals surface area contributed by atoms with E-state index in [1.807, 2.05) is 0 Å². The van der Waals surface area contributed by atoms with E-state index in [1.165, 1.54) is 12.8 Å². The fraction of sp³-hybridized carbons (Fsp3) is 0.826. The fourth-order valence-electron chi connectivity index (χ4n) is 5.97. The minimum atomic E-state index is -0.337. The van der Waals surface area contributed by atoms with Crippen LogP contribution in [0.25, 0.3) is 0 Å². The Morgan fingerprint density at radius 2 is 1.34 bits per heavy atom. The second-order valence-corrected chi connectivity index (χ2v) is 8.85. The van der Waals surface area contributed by atoms with Gasteiger partial charge in [-0.15, -0.1) is 6.58 Å². The van der Waals surface area contributed by atoms with Crippen molar-refractivity contribution in [2.45, 2.75) is 57.0 Å². The molecule has 2 spiro atoms. The summed E-state index contributed by atoms with van der Waals surface area (Å²) in [5, 5.41) is 0. The molecule has 6 atom stereocenters. The second-order valence-electron chi connectivity index (χ2n) is 8.85. The van der Waals surface area contributed by atoms with Crippen LogP contribution in [-0.2, 0) is 23.7 Å². The molecule has 4 saturated carbocycles. The van der Waals surface area contributed by atoms with Crippen molar-refractivity contribution in [3.05, 3.63) is 19.6 Å². The number of allylic oxidation sites excluding steroid dienone is 1. The van der Waals surface area contributed by atoms with Gasteiger partial charge in [0.1, 0.15) is 6.29 Å². The van der Waals surface area contributed by atoms with Crippen molar-refractivity contribution >= 4 is 6.29 Å². The summed E-state index contributed by atoms with van der Waals surface area (Å²) in [7, 11) is 0. The van der Waals surface area contributed by atoms with Crippen LogP contribution in [0.5, 0.6) is 0 Å². The summed E-state index contributed by atoms with van der Waals surface area (Å²) >= 11 is 0. The SMILES string of the molecule is C=C[C@H]1[C@H]2CCC3(OCCO3)[C@@H]12.O=C[C@H]1[C@H]2CCC3(OCCO3)[C@@H]12.[CH2-]CCC.[Li+]. The summed E-state index contributed by atoms with van der Waals surface area (Å²) < 4.78 is 22.6. The van der Waals surface area contributed by atoms with Crippen LogP contribution in [0.4, 0.5) is 0 Å². The minimum Gasteiger partial charge on any atom is -0.347 e. The molecule has 2 saturated heterocycles. The third kappa shape index (κ3) is 4.16. The van der Waals surface area contributed by atoms with Crippen molar-refractivity contribution in [3.8, 4) is 0 Å². The Bertz CT molecular complexity index is 509. The Morgan fingerprint density at radius 3 is 1.66 bits per heavy atom. The average molecular weight is 398 g/mol. The summed E-state index contributed by atoms with van der Waals surface area (Å²) in [4.78, 5) is 10.6. The molecular formula is C23H35LiO5. The standard InChI is InChI=1S/C10H14O2.C9H12O3.C4H9.Li/c1-2-7-8-3-4-10(9(7)8)11-5-6-12-10;10-5-7-6-1-2-9(8(6)7)11-3-4-12-9;1-3-4-2;/h2,7-9H,1,3-6H2;5-8H,1-4H2;1,3-4H2,2H3;/q;;-1;+1/t7-,8+,9-;6-,7+,8-;;/m01../s1. The van der Waals surface area contributed by atoms with Crippen LogP contribution in [-0.4, -0.2) is 44.3 Å². The van der Waals surface area contributed by atoms with E-state index in [0.717, 1.165) is 51.1 Å². The zero-order valence-electron chi connectivity index (χ0n) is 18.1. The smallest absolute Gasteiger partial charge is 0.347 e. The molecule has 0 aromatic rings. The van der Waals surface area contributed by atoms with Crippen LogP contribution in [0.15, 0.2) is 12.7 Å². The van der Waals surface area contributed by atoms with Gasteiger partial charge in [-0.3, -0.25) is 0 Å². The molecule has 4 aliphatic carbocycles. The molecule has 0 amide bonds. The molecule has 0 aromatic carbocycles. The number of hydrogen-bond donors (Lipinski definition) is 0. The summed E-state index contributed by atoms with van der Waals surface area (Å²) in [5.41, 5.74) is 0. The maximum absolute atomic E-state index is 10.6. The van der Waals surface area contributed by atoms with E-state index in [2.05, 4.69) is 26.5 Å². The first-order valence-corrected chi connectivity index (χ1v) is 11.1. The van der Waals surface area contributed by atoms with Gasteiger partial charge in [-0.1, -0.05) is 19.4 Å². The van der Waals surface area contributed by atoms with Gasteiger partial charge >= 0.3 is 18.9 Å². The van der Waals surface area contributed by atoms with Crippen LogP contribution < -0.4 is 18.9 Å². The Labute approximate surface area is 187 Å². The second kappa shape index (κ2) is 9.55. The molecule has 6 heteroatoms. The molecule has 6 fully saturated rings. The molecule has 0 aromatic heterocycles. The number of carbonyl (C=O) groups is 1. The van der Waals surface area contributed by atoms with Gasteiger partial charge in [-0.05, 0) is 30.6 Å². The van der Waals surface area contributed by atoms with Gasteiger partial charge < -0.3 is 30.7 Å². The van der Waals surface area contributed by atoms with E-state index < -0.39 is 0 Å². The molecule has 0 radical (unpaired) electrons. The topological polar surface area (TPSA) is 54.0 Å². The average Bonchev–Trinajstić information content (AvgIpc) is 3.23. The van der Waals surface area contributed by atoms with Gasteiger partial charge in [0.05, 0.1) is 26.4 Å². The molecule has 5 nitrogen and oxygen atoms in total. The molecule has 6 rings (SSSR count). The summed E-state index contributed by atoms with van der Waals surface area (Å²) in [5.74, 6) is 2.81. The van der Waals surface area contributed by atoms with Crippen LogP contribution >= 0.6 is 0 Å². The maximum Gasteiger partial charge on any atom is 1.00 e. The van der Waals surface area contributed by atoms with E-state index in [9.17, 15) is 4.79 Å². The molecule has 0 bridgehead atoms. The summed E-state index contributed by atoms with van der Waals surface area (Å²) in [6.45, 7) is 12.5. The van der Waals surface area contributed by atoms with Crippen molar-refractivity contribution < 1.29 is 42.6 Å². The number of ether oxygens (including phenoxy) is 4. The van der Waals surface area contributed by atoms with Gasteiger partial charge in [0.25, 0.3) is 0 Å². The third-order valence-corrected chi connectivity index (χ3v) is 7.46. The van der Waals surface area contributed by atoms with Crippen molar-refractivity contribution in [2.75, 3.05) is 26.4 Å². The number of aldehydes is 1. The Hall–Kier alpha value is -0.153. The number of unbranched alkanes of at least 4 members (excludes halogenated alkanes) is 1. The number of fused-ring (bicyclic) bond motifs is 4. The largest absolute Gasteiger partial charge is 1.00 e. The Morgan fingerprint density at radius 1 is 0.931 bits per heavy atom. The normalized spacial score (nSPS) is 40.6. The molecule has 158 valence electrons. The van der Waals surface area contributed by atoms with Crippen LogP contribution in [0.1, 0.15) is 45.4 Å². The molecule has 2 heterocycles. The van der Waals surface area contributed by atoms with Gasteiger partial charge in [0, 0.05) is 30.6 Å². The van der Waals surface area contributed by atoms with E-state index in [1.54, 1.807) is 0 Å². The Kier molecular flexibility index (Phi) is 7.74. The van der Waals surface area contributed by atoms with Crippen LogP contribution in [0.3, 0.4) is 0 Å². The van der Waals surface area contributed by atoms with E-state index in [-0.39, 0.29) is 36.4 Å². The predicted molar refractivity (Wildman–Crippen MR) is 105 cm³/mol. The minimum absolute atomic E-state index is 0. The predicted octanol–water partition coefficient (Wildman–Crippen LogP) is 0.780. The van der Waals surface area contributed by atoms with Crippen molar-refractivity contribution in [1.29, 1.82) is 0 Å². The molecule has 6 aliphatic rings. The van der Waals surface area contributed by atoms with Gasteiger partial charge in [-0.25, -0.2) is 0 Å². The summed E-state index contributed by atoms with van der Waals surface area (Å²) in [6, 6.07) is 0. The van der Waals surface area contributed by atoms with Crippen LogP contribution in [0.2, 0.25) is 0 Å². The Balaban J connectivity index is 0.000000137. The van der Waals surface area contributed by atoms with Gasteiger partial charge in [0.2, 0.25) is 0 Å². The molecule has 2 aliphatic heterocycles. The van der Waals surface area contributed by atoms with Crippen LogP contribution in [0, 0.1) is 42.4 Å². The number of hydrogen-bond acceptors (Lipinski definition) is 5. The first-order valence-electron chi connectivity index (χ1n) is 11.1. The molecule has 0 N–H and O–H groups in total. The zero-order chi connectivity index (χ0) is 19.8. The van der Waals surface area contributed by atoms with Crippen molar-refractivity contribution in [2.24, 2.45) is 35.5 Å².